The molecule has 1 aliphatic heterocycles. The average Bonchev–Trinajstić information content (AvgIpc) is 3.54. The summed E-state index contributed by atoms with van der Waals surface area (Å²) in [6.45, 7) is 6.42. The zero-order chi connectivity index (χ0) is 26.8. The Morgan fingerprint density at radius 3 is 1.63 bits per heavy atom. The zero-order valence-corrected chi connectivity index (χ0v) is 21.2. The van der Waals surface area contributed by atoms with Crippen LogP contribution in [0.1, 0.15) is 43.0 Å². The molecule has 2 N–H and O–H groups in total. The molecule has 1 aliphatic rings. The number of hydrogen-bond acceptors (Lipinski definition) is 2. The number of nitrogens with one attached hydrogen (secondary N) is 2. The molecule has 7 heteroatoms. The third-order valence-electron chi connectivity index (χ3n) is 7.15. The molecule has 2 amide bonds. The normalized spacial score (nSPS) is 14.5. The van der Waals surface area contributed by atoms with Crippen LogP contribution in [0.25, 0.3) is 33.0 Å². The van der Waals surface area contributed by atoms with Crippen LogP contribution in [0.5, 0.6) is 0 Å². The molecular formula is C31H25F2N3O2. The number of rotatable bonds is 4. The predicted molar refractivity (Wildman–Crippen MR) is 144 cm³/mol. The maximum Gasteiger partial charge on any atom is 0.262 e. The summed E-state index contributed by atoms with van der Waals surface area (Å²) in [7, 11) is 0. The highest BCUT2D eigenvalue weighted by Gasteiger charge is 2.41. The number of H-pyrrole nitrogens is 2. The van der Waals surface area contributed by atoms with Crippen molar-refractivity contribution in [2.24, 2.45) is 0 Å². The Balaban J connectivity index is 1.51. The van der Waals surface area contributed by atoms with Gasteiger partial charge >= 0.3 is 0 Å². The van der Waals surface area contributed by atoms with Gasteiger partial charge in [0.15, 0.2) is 0 Å². The van der Waals surface area contributed by atoms with Crippen LogP contribution in [-0.4, -0.2) is 26.7 Å². The number of nitrogens with zero attached hydrogens (tertiary/aromatic N) is 1. The molecule has 6 rings (SSSR count). The van der Waals surface area contributed by atoms with Crippen LogP contribution in [0.15, 0.2) is 73.1 Å². The molecule has 0 radical (unpaired) electrons. The number of amides is 2. The maximum atomic E-state index is 14.2. The van der Waals surface area contributed by atoms with Crippen LogP contribution < -0.4 is 0 Å². The van der Waals surface area contributed by atoms with E-state index in [1.807, 2.05) is 24.3 Å². The first-order valence-corrected chi connectivity index (χ1v) is 12.4. The summed E-state index contributed by atoms with van der Waals surface area (Å²) in [5.41, 5.74) is 4.33. The zero-order valence-electron chi connectivity index (χ0n) is 21.2. The van der Waals surface area contributed by atoms with Crippen molar-refractivity contribution < 1.29 is 18.4 Å². The number of aromatic nitrogens is 2. The Kier molecular flexibility index (Phi) is 5.35. The van der Waals surface area contributed by atoms with E-state index >= 15 is 0 Å². The fourth-order valence-electron chi connectivity index (χ4n) is 5.11. The standard InChI is InChI=1S/C31H25F2N3O2/c1-31(2,3)18-6-4-17(5-7-18)16-36-29(37)27(23-14-34-25-10-8-19(32)12-21(23)25)28(30(36)38)24-15-35-26-11-9-20(33)13-22(24)26/h4-15,34-35H,16H2,1-3H3. The molecule has 2 aromatic heterocycles. The summed E-state index contributed by atoms with van der Waals surface area (Å²) in [4.78, 5) is 35.2. The number of imide groups is 1. The first-order valence-electron chi connectivity index (χ1n) is 12.4. The van der Waals surface area contributed by atoms with E-state index in [0.717, 1.165) is 11.1 Å². The number of aromatic amines is 2. The molecule has 0 saturated carbocycles. The molecule has 0 bridgehead atoms. The van der Waals surface area contributed by atoms with Crippen molar-refractivity contribution in [1.29, 1.82) is 0 Å². The SMILES string of the molecule is CC(C)(C)c1ccc(CN2C(=O)C(c3c[nH]c4ccc(F)cc34)=C(c3c[nH]c4ccc(F)cc34)C2=O)cc1. The largest absolute Gasteiger partial charge is 0.361 e. The average molecular weight is 510 g/mol. The van der Waals surface area contributed by atoms with Gasteiger partial charge in [-0.25, -0.2) is 8.78 Å². The summed E-state index contributed by atoms with van der Waals surface area (Å²) in [5.74, 6) is -1.88. The fraction of sp³-hybridized carbons (Fsp3) is 0.161. The molecule has 38 heavy (non-hydrogen) atoms. The van der Waals surface area contributed by atoms with Gasteiger partial charge in [-0.3, -0.25) is 14.5 Å². The maximum absolute atomic E-state index is 14.2. The smallest absolute Gasteiger partial charge is 0.262 e. The number of hydrogen-bond donors (Lipinski definition) is 2. The summed E-state index contributed by atoms with van der Waals surface area (Å²) >= 11 is 0. The van der Waals surface area contributed by atoms with Gasteiger partial charge < -0.3 is 9.97 Å². The van der Waals surface area contributed by atoms with Crippen molar-refractivity contribution in [3.05, 3.63) is 107 Å². The van der Waals surface area contributed by atoms with Crippen molar-refractivity contribution in [3.8, 4) is 0 Å². The molecule has 0 atom stereocenters. The summed E-state index contributed by atoms with van der Waals surface area (Å²) in [6, 6.07) is 16.4. The Bertz CT molecular complexity index is 1680. The highest BCUT2D eigenvalue weighted by molar-refractivity contribution is 6.50. The monoisotopic (exact) mass is 509 g/mol. The van der Waals surface area contributed by atoms with Gasteiger partial charge in [-0.2, -0.15) is 0 Å². The van der Waals surface area contributed by atoms with Crippen molar-refractivity contribution in [2.45, 2.75) is 32.7 Å². The quantitative estimate of drug-likeness (QED) is 0.265. The van der Waals surface area contributed by atoms with E-state index < -0.39 is 23.4 Å². The van der Waals surface area contributed by atoms with E-state index in [1.54, 1.807) is 24.5 Å². The molecular weight excluding hydrogens is 484 g/mol. The Labute approximate surface area is 217 Å². The van der Waals surface area contributed by atoms with Crippen LogP contribution in [0.2, 0.25) is 0 Å². The number of fused-ring (bicyclic) bond motifs is 2. The van der Waals surface area contributed by atoms with Gasteiger partial charge in [0.2, 0.25) is 0 Å². The second kappa shape index (κ2) is 8.52. The van der Waals surface area contributed by atoms with Gasteiger partial charge in [0.05, 0.1) is 17.7 Å². The third-order valence-corrected chi connectivity index (χ3v) is 7.15. The second-order valence-electron chi connectivity index (χ2n) is 10.7. The van der Waals surface area contributed by atoms with Crippen molar-refractivity contribution in [2.75, 3.05) is 0 Å². The lowest BCUT2D eigenvalue weighted by Crippen LogP contribution is -2.31. The fourth-order valence-corrected chi connectivity index (χ4v) is 5.11. The second-order valence-corrected chi connectivity index (χ2v) is 10.7. The van der Waals surface area contributed by atoms with Crippen molar-refractivity contribution >= 4 is 44.8 Å². The number of benzene rings is 3. The minimum Gasteiger partial charge on any atom is -0.361 e. The molecule has 3 aromatic carbocycles. The lowest BCUT2D eigenvalue weighted by molar-refractivity contribution is -0.136. The van der Waals surface area contributed by atoms with E-state index in [1.165, 1.54) is 29.2 Å². The Morgan fingerprint density at radius 2 is 1.18 bits per heavy atom. The highest BCUT2D eigenvalue weighted by atomic mass is 19.1. The van der Waals surface area contributed by atoms with Crippen molar-refractivity contribution in [1.82, 2.24) is 14.9 Å². The molecule has 190 valence electrons. The van der Waals surface area contributed by atoms with Crippen LogP contribution in [0.4, 0.5) is 8.78 Å². The summed E-state index contributed by atoms with van der Waals surface area (Å²) in [5, 5.41) is 0.974. The van der Waals surface area contributed by atoms with Gasteiger partial charge in [-0.15, -0.1) is 0 Å². The predicted octanol–water partition coefficient (Wildman–Crippen LogP) is 6.70. The van der Waals surface area contributed by atoms with Gasteiger partial charge in [-0.05, 0) is 52.9 Å². The molecule has 0 saturated heterocycles. The van der Waals surface area contributed by atoms with E-state index in [9.17, 15) is 18.4 Å². The first kappa shape index (κ1) is 23.9. The van der Waals surface area contributed by atoms with Gasteiger partial charge in [-0.1, -0.05) is 45.0 Å². The van der Waals surface area contributed by atoms with Crippen LogP contribution in [-0.2, 0) is 21.5 Å². The van der Waals surface area contributed by atoms with Gasteiger partial charge in [0.1, 0.15) is 11.6 Å². The minimum absolute atomic E-state index is 0.0328. The Morgan fingerprint density at radius 1 is 0.711 bits per heavy atom. The van der Waals surface area contributed by atoms with Crippen LogP contribution in [0.3, 0.4) is 0 Å². The summed E-state index contributed by atoms with van der Waals surface area (Å²) < 4.78 is 28.4. The minimum atomic E-state index is -0.485. The Hall–Kier alpha value is -4.52. The molecule has 0 unspecified atom stereocenters. The number of halogens is 2. The van der Waals surface area contributed by atoms with E-state index in [2.05, 4.69) is 30.7 Å². The third kappa shape index (κ3) is 3.82. The van der Waals surface area contributed by atoms with E-state index in [-0.39, 0.29) is 23.1 Å². The van der Waals surface area contributed by atoms with Crippen molar-refractivity contribution in [3.63, 3.8) is 0 Å². The number of carbonyl (C=O) groups is 2. The highest BCUT2D eigenvalue weighted by Crippen LogP contribution is 2.41. The number of carbonyl (C=O) groups excluding carboxylic acids is 2. The molecule has 5 nitrogen and oxygen atoms in total. The molecule has 0 spiro atoms. The topological polar surface area (TPSA) is 69.0 Å². The van der Waals surface area contributed by atoms with E-state index in [4.69, 9.17) is 0 Å². The molecule has 0 fully saturated rings. The van der Waals surface area contributed by atoms with E-state index in [0.29, 0.717) is 32.9 Å². The molecule has 3 heterocycles. The lowest BCUT2D eigenvalue weighted by atomic mass is 9.87. The summed E-state index contributed by atoms with van der Waals surface area (Å²) in [6.07, 6.45) is 3.23. The lowest BCUT2D eigenvalue weighted by Gasteiger charge is -2.20. The van der Waals surface area contributed by atoms with Gasteiger partial charge in [0.25, 0.3) is 11.8 Å². The molecule has 0 aliphatic carbocycles. The van der Waals surface area contributed by atoms with Gasteiger partial charge in [0, 0.05) is 45.3 Å². The van der Waals surface area contributed by atoms with Crippen LogP contribution >= 0.6 is 0 Å². The van der Waals surface area contributed by atoms with Crippen LogP contribution in [0, 0.1) is 11.6 Å². The molecule has 5 aromatic rings. The first-order chi connectivity index (χ1) is 18.1.